The second-order valence-corrected chi connectivity index (χ2v) is 7.29. The molecule has 0 radical (unpaired) electrons. The number of pyridine rings is 2. The molecule has 0 amide bonds. The van der Waals surface area contributed by atoms with Gasteiger partial charge in [-0.05, 0) is 50.1 Å². The maximum absolute atomic E-state index is 9.09. The third-order valence-electron chi connectivity index (χ3n) is 5.17. The molecule has 0 saturated carbocycles. The Labute approximate surface area is 171 Å². The number of nitrogens with zero attached hydrogens (tertiary/aromatic N) is 7. The molecule has 29 heavy (non-hydrogen) atoms. The lowest BCUT2D eigenvalue weighted by molar-refractivity contribution is 0.658. The van der Waals surface area contributed by atoms with E-state index in [0.717, 1.165) is 58.9 Å². The van der Waals surface area contributed by atoms with Crippen LogP contribution in [0.25, 0.3) is 34.2 Å². The first-order valence-corrected chi connectivity index (χ1v) is 9.67. The average molecular weight is 402 g/mol. The fourth-order valence-electron chi connectivity index (χ4n) is 3.87. The highest BCUT2D eigenvalue weighted by Gasteiger charge is 2.26. The maximum atomic E-state index is 9.09. The number of fused-ring (bicyclic) bond motifs is 2. The van der Waals surface area contributed by atoms with Crippen LogP contribution in [0.1, 0.15) is 23.5 Å². The molecule has 5 rings (SSSR count). The third kappa shape index (κ3) is 2.80. The van der Waals surface area contributed by atoms with Crippen molar-refractivity contribution in [1.29, 1.82) is 5.26 Å². The monoisotopic (exact) mass is 401 g/mol. The number of aryl methyl sites for hydroxylation is 2. The van der Waals surface area contributed by atoms with Crippen LogP contribution in [-0.2, 0) is 13.0 Å². The van der Waals surface area contributed by atoms with Crippen LogP contribution in [0.15, 0.2) is 36.7 Å². The van der Waals surface area contributed by atoms with Gasteiger partial charge in [0.25, 0.3) is 0 Å². The van der Waals surface area contributed by atoms with E-state index in [9.17, 15) is 0 Å². The quantitative estimate of drug-likeness (QED) is 0.482. The van der Waals surface area contributed by atoms with E-state index in [2.05, 4.69) is 25.8 Å². The summed E-state index contributed by atoms with van der Waals surface area (Å²) in [5.41, 5.74) is 6.99. The summed E-state index contributed by atoms with van der Waals surface area (Å²) in [6.45, 7) is 2.77. The number of allylic oxidation sites excluding steroid dienone is 1. The van der Waals surface area contributed by atoms with Crippen LogP contribution >= 0.6 is 11.6 Å². The molecule has 0 spiro atoms. The highest BCUT2D eigenvalue weighted by Crippen LogP contribution is 2.39. The number of hydrogen-bond acceptors (Lipinski definition) is 5. The van der Waals surface area contributed by atoms with Gasteiger partial charge in [-0.15, -0.1) is 0 Å². The van der Waals surface area contributed by atoms with Crippen LogP contribution in [0.4, 0.5) is 0 Å². The Morgan fingerprint density at radius 3 is 2.97 bits per heavy atom. The molecule has 0 aliphatic carbocycles. The first kappa shape index (κ1) is 17.6. The molecule has 5 heterocycles. The van der Waals surface area contributed by atoms with E-state index < -0.39 is 0 Å². The Hall–Kier alpha value is -3.50. The molecule has 0 bridgehead atoms. The molecule has 0 fully saturated rings. The van der Waals surface area contributed by atoms with E-state index in [1.54, 1.807) is 10.6 Å². The van der Waals surface area contributed by atoms with Crippen molar-refractivity contribution in [1.82, 2.24) is 29.4 Å². The second-order valence-electron chi connectivity index (χ2n) is 6.89. The Morgan fingerprint density at radius 2 is 2.14 bits per heavy atom. The largest absolute Gasteiger partial charge is 0.268 e. The van der Waals surface area contributed by atoms with Gasteiger partial charge in [-0.1, -0.05) is 11.6 Å². The molecule has 4 aromatic rings. The van der Waals surface area contributed by atoms with E-state index in [1.807, 2.05) is 31.2 Å². The molecule has 1 aliphatic rings. The molecule has 8 heteroatoms. The molecule has 0 unspecified atom stereocenters. The first-order valence-electron chi connectivity index (χ1n) is 9.30. The van der Waals surface area contributed by atoms with E-state index in [0.29, 0.717) is 5.02 Å². The van der Waals surface area contributed by atoms with Crippen molar-refractivity contribution in [2.75, 3.05) is 0 Å². The van der Waals surface area contributed by atoms with Crippen molar-refractivity contribution in [3.63, 3.8) is 0 Å². The van der Waals surface area contributed by atoms with E-state index >= 15 is 0 Å². The molecule has 0 saturated heterocycles. The van der Waals surface area contributed by atoms with E-state index in [4.69, 9.17) is 22.0 Å². The summed E-state index contributed by atoms with van der Waals surface area (Å²) in [7, 11) is 0. The lowest BCUT2D eigenvalue weighted by Gasteiger charge is -2.11. The van der Waals surface area contributed by atoms with Crippen molar-refractivity contribution < 1.29 is 0 Å². The lowest BCUT2D eigenvalue weighted by Crippen LogP contribution is -1.99. The second kappa shape index (κ2) is 6.83. The van der Waals surface area contributed by atoms with Crippen molar-refractivity contribution in [3.05, 3.63) is 58.8 Å². The maximum Gasteiger partial charge on any atom is 0.155 e. The van der Waals surface area contributed by atoms with Crippen LogP contribution in [0.3, 0.4) is 0 Å². The van der Waals surface area contributed by atoms with Crippen molar-refractivity contribution in [3.8, 4) is 28.6 Å². The van der Waals surface area contributed by atoms with Gasteiger partial charge in [0.2, 0.25) is 0 Å². The SMILES string of the molecule is Cc1nc(-c2nn3c(c2-c2ccc4ncnn4c2/C=C/C#N)CCC3)ccc1Cl. The Balaban J connectivity index is 1.82. The van der Waals surface area contributed by atoms with Crippen LogP contribution in [0.5, 0.6) is 0 Å². The summed E-state index contributed by atoms with van der Waals surface area (Å²) in [5, 5.41) is 18.9. The Kier molecular flexibility index (Phi) is 4.14. The van der Waals surface area contributed by atoms with Gasteiger partial charge in [-0.3, -0.25) is 4.68 Å². The zero-order valence-electron chi connectivity index (χ0n) is 15.7. The smallest absolute Gasteiger partial charge is 0.155 e. The number of hydrogen-bond donors (Lipinski definition) is 0. The van der Waals surface area contributed by atoms with Gasteiger partial charge >= 0.3 is 0 Å². The summed E-state index contributed by atoms with van der Waals surface area (Å²) in [5.74, 6) is 0. The molecular weight excluding hydrogens is 386 g/mol. The molecule has 4 aromatic heterocycles. The van der Waals surface area contributed by atoms with Gasteiger partial charge in [0.05, 0.1) is 28.2 Å². The summed E-state index contributed by atoms with van der Waals surface area (Å²) in [6, 6.07) is 9.76. The molecule has 7 nitrogen and oxygen atoms in total. The van der Waals surface area contributed by atoms with Crippen molar-refractivity contribution in [2.24, 2.45) is 0 Å². The van der Waals surface area contributed by atoms with E-state index in [1.165, 1.54) is 18.1 Å². The predicted octanol–water partition coefficient (Wildman–Crippen LogP) is 4.10. The highest BCUT2D eigenvalue weighted by atomic mass is 35.5. The van der Waals surface area contributed by atoms with E-state index in [-0.39, 0.29) is 0 Å². The van der Waals surface area contributed by atoms with Gasteiger partial charge in [-0.25, -0.2) is 14.5 Å². The van der Waals surface area contributed by atoms with Gasteiger partial charge in [-0.2, -0.15) is 15.5 Å². The molecule has 0 atom stereocenters. The summed E-state index contributed by atoms with van der Waals surface area (Å²) < 4.78 is 3.80. The standard InChI is InChI=1S/C21H16ClN7/c1-13-15(22)7-8-16(26-13)21-20(18-5-3-11-28(18)27-21)14-6-9-19-24-12-25-29(19)17(14)4-2-10-23/h2,4,6-9,12H,3,5,11H2,1H3/b4-2+. The summed E-state index contributed by atoms with van der Waals surface area (Å²) in [4.78, 5) is 8.94. The fourth-order valence-corrected chi connectivity index (χ4v) is 3.97. The van der Waals surface area contributed by atoms with Crippen molar-refractivity contribution >= 4 is 23.3 Å². The first-order chi connectivity index (χ1) is 14.2. The fraction of sp³-hybridized carbons (Fsp3) is 0.190. The molecule has 142 valence electrons. The van der Waals surface area contributed by atoms with Gasteiger partial charge in [0, 0.05) is 29.4 Å². The normalized spacial score (nSPS) is 13.3. The van der Waals surface area contributed by atoms with Gasteiger partial charge in [0.15, 0.2) is 5.65 Å². The number of nitriles is 1. The number of aromatic nitrogens is 6. The summed E-state index contributed by atoms with van der Waals surface area (Å²) in [6.07, 6.45) is 6.72. The van der Waals surface area contributed by atoms with Crippen LogP contribution in [0, 0.1) is 18.3 Å². The average Bonchev–Trinajstić information content (AvgIpc) is 3.43. The molecule has 0 N–H and O–H groups in total. The van der Waals surface area contributed by atoms with Gasteiger partial charge < -0.3 is 0 Å². The minimum absolute atomic E-state index is 0.628. The van der Waals surface area contributed by atoms with Crippen LogP contribution in [-0.4, -0.2) is 29.4 Å². The third-order valence-corrected chi connectivity index (χ3v) is 5.57. The molecular formula is C21H16ClN7. The number of rotatable bonds is 3. The zero-order chi connectivity index (χ0) is 20.0. The predicted molar refractivity (Wildman–Crippen MR) is 110 cm³/mol. The molecule has 1 aliphatic heterocycles. The molecule has 0 aromatic carbocycles. The summed E-state index contributed by atoms with van der Waals surface area (Å²) >= 11 is 6.19. The van der Waals surface area contributed by atoms with Crippen LogP contribution < -0.4 is 0 Å². The minimum Gasteiger partial charge on any atom is -0.268 e. The Bertz CT molecular complexity index is 1320. The highest BCUT2D eigenvalue weighted by molar-refractivity contribution is 6.31. The topological polar surface area (TPSA) is 84.7 Å². The minimum atomic E-state index is 0.628. The lowest BCUT2D eigenvalue weighted by atomic mass is 9.98. The Morgan fingerprint density at radius 1 is 1.24 bits per heavy atom. The number of halogens is 1. The van der Waals surface area contributed by atoms with Crippen LogP contribution in [0.2, 0.25) is 5.02 Å². The van der Waals surface area contributed by atoms with Gasteiger partial charge in [0.1, 0.15) is 12.0 Å². The zero-order valence-corrected chi connectivity index (χ0v) is 16.4. The van der Waals surface area contributed by atoms with Crippen molar-refractivity contribution in [2.45, 2.75) is 26.3 Å².